The van der Waals surface area contributed by atoms with E-state index >= 15 is 0 Å². The van der Waals surface area contributed by atoms with E-state index in [-0.39, 0.29) is 18.0 Å². The normalized spacial score (nSPS) is 24.6. The van der Waals surface area contributed by atoms with E-state index in [9.17, 15) is 8.78 Å². The lowest BCUT2D eigenvalue weighted by atomic mass is 9.92. The smallest absolute Gasteiger partial charge is 0.128 e. The van der Waals surface area contributed by atoms with Crippen molar-refractivity contribution in [2.24, 2.45) is 5.92 Å². The van der Waals surface area contributed by atoms with E-state index in [1.54, 1.807) is 0 Å². The topological polar surface area (TPSA) is 21.3 Å². The second-order valence-corrected chi connectivity index (χ2v) is 5.20. The lowest BCUT2D eigenvalue weighted by molar-refractivity contribution is 0.0595. The Morgan fingerprint density at radius 2 is 2.21 bits per heavy atom. The summed E-state index contributed by atoms with van der Waals surface area (Å²) in [6, 6.07) is 3.32. The van der Waals surface area contributed by atoms with Gasteiger partial charge in [-0.15, -0.1) is 0 Å². The summed E-state index contributed by atoms with van der Waals surface area (Å²) in [5.74, 6) is -0.444. The average molecular weight is 269 g/mol. The van der Waals surface area contributed by atoms with Crippen LogP contribution in [0.15, 0.2) is 18.2 Å². The molecule has 19 heavy (non-hydrogen) atoms. The zero-order chi connectivity index (χ0) is 13.8. The number of ether oxygens (including phenoxy) is 1. The molecule has 4 heteroatoms. The molecule has 3 unspecified atom stereocenters. The molecule has 0 saturated carbocycles. The van der Waals surface area contributed by atoms with Gasteiger partial charge in [0.1, 0.15) is 11.6 Å². The number of hydrogen-bond donors (Lipinski definition) is 1. The largest absolute Gasteiger partial charge is 0.376 e. The molecule has 106 valence electrons. The highest BCUT2D eigenvalue weighted by molar-refractivity contribution is 5.24. The van der Waals surface area contributed by atoms with Crippen LogP contribution >= 0.6 is 0 Å². The fourth-order valence-electron chi connectivity index (χ4n) is 2.60. The van der Waals surface area contributed by atoms with Gasteiger partial charge in [-0.3, -0.25) is 0 Å². The molecule has 1 aliphatic heterocycles. The number of benzene rings is 1. The van der Waals surface area contributed by atoms with Gasteiger partial charge in [0.05, 0.1) is 12.1 Å². The molecule has 1 aromatic rings. The molecule has 0 aromatic heterocycles. The van der Waals surface area contributed by atoms with Crippen LogP contribution in [-0.2, 0) is 4.74 Å². The quantitative estimate of drug-likeness (QED) is 0.884. The van der Waals surface area contributed by atoms with Crippen LogP contribution in [0.25, 0.3) is 0 Å². The van der Waals surface area contributed by atoms with Crippen LogP contribution in [0.3, 0.4) is 0 Å². The van der Waals surface area contributed by atoms with E-state index in [2.05, 4.69) is 12.2 Å². The maximum atomic E-state index is 14.0. The van der Waals surface area contributed by atoms with Gasteiger partial charge >= 0.3 is 0 Å². The van der Waals surface area contributed by atoms with Gasteiger partial charge in [-0.25, -0.2) is 8.78 Å². The lowest BCUT2D eigenvalue weighted by Gasteiger charge is -2.28. The summed E-state index contributed by atoms with van der Waals surface area (Å²) in [5.41, 5.74) is 0.368. The van der Waals surface area contributed by atoms with Crippen molar-refractivity contribution in [3.63, 3.8) is 0 Å². The van der Waals surface area contributed by atoms with Gasteiger partial charge in [0.25, 0.3) is 0 Å². The van der Waals surface area contributed by atoms with Crippen molar-refractivity contribution in [2.45, 2.75) is 38.8 Å². The molecule has 1 heterocycles. The molecule has 1 aromatic carbocycles. The summed E-state index contributed by atoms with van der Waals surface area (Å²) in [6.45, 7) is 5.58. The highest BCUT2D eigenvalue weighted by Crippen LogP contribution is 2.32. The van der Waals surface area contributed by atoms with Crippen LogP contribution in [0.5, 0.6) is 0 Å². The van der Waals surface area contributed by atoms with Crippen LogP contribution < -0.4 is 5.32 Å². The van der Waals surface area contributed by atoms with Gasteiger partial charge in [0, 0.05) is 12.2 Å². The van der Waals surface area contributed by atoms with Crippen molar-refractivity contribution in [2.75, 3.05) is 13.2 Å². The van der Waals surface area contributed by atoms with E-state index in [4.69, 9.17) is 4.74 Å². The van der Waals surface area contributed by atoms with Gasteiger partial charge in [-0.05, 0) is 43.5 Å². The summed E-state index contributed by atoms with van der Waals surface area (Å²) < 4.78 is 33.1. The first-order chi connectivity index (χ1) is 9.13. The molecule has 1 saturated heterocycles. The van der Waals surface area contributed by atoms with Crippen LogP contribution in [0, 0.1) is 17.6 Å². The molecule has 1 aliphatic rings. The number of hydrogen-bond acceptors (Lipinski definition) is 2. The van der Waals surface area contributed by atoms with Gasteiger partial charge in [0.2, 0.25) is 0 Å². The third-order valence-corrected chi connectivity index (χ3v) is 3.68. The molecule has 2 rings (SSSR count). The Bertz CT molecular complexity index is 425. The summed E-state index contributed by atoms with van der Waals surface area (Å²) in [5, 5.41) is 3.29. The van der Waals surface area contributed by atoms with Crippen molar-refractivity contribution in [1.29, 1.82) is 0 Å². The predicted octanol–water partition coefficient (Wildman–Crippen LogP) is 3.43. The molecule has 0 aliphatic carbocycles. The molecular formula is C15H21F2NO. The van der Waals surface area contributed by atoms with Crippen LogP contribution in [-0.4, -0.2) is 19.3 Å². The second kappa shape index (κ2) is 6.44. The second-order valence-electron chi connectivity index (χ2n) is 5.20. The lowest BCUT2D eigenvalue weighted by Crippen LogP contribution is -2.35. The van der Waals surface area contributed by atoms with Crippen molar-refractivity contribution >= 4 is 0 Å². The number of nitrogens with one attached hydrogen (secondary N) is 1. The molecule has 0 spiro atoms. The van der Waals surface area contributed by atoms with E-state index in [0.29, 0.717) is 18.1 Å². The molecule has 1 fully saturated rings. The number of halogens is 2. The van der Waals surface area contributed by atoms with E-state index in [1.807, 2.05) is 6.92 Å². The molecule has 1 N–H and O–H groups in total. The minimum Gasteiger partial charge on any atom is -0.376 e. The van der Waals surface area contributed by atoms with E-state index in [1.165, 1.54) is 12.1 Å². The minimum atomic E-state index is -0.412. The summed E-state index contributed by atoms with van der Waals surface area (Å²) in [6.07, 6.45) is 1.81. The summed E-state index contributed by atoms with van der Waals surface area (Å²) in [4.78, 5) is 0. The van der Waals surface area contributed by atoms with E-state index < -0.39 is 5.82 Å². The fraction of sp³-hybridized carbons (Fsp3) is 0.600. The molecule has 2 nitrogen and oxygen atoms in total. The van der Waals surface area contributed by atoms with Crippen molar-refractivity contribution in [3.8, 4) is 0 Å². The molecule has 0 radical (unpaired) electrons. The first-order valence-electron chi connectivity index (χ1n) is 6.93. The van der Waals surface area contributed by atoms with Gasteiger partial charge < -0.3 is 10.1 Å². The summed E-state index contributed by atoms with van der Waals surface area (Å²) in [7, 11) is 0. The zero-order valence-electron chi connectivity index (χ0n) is 11.5. The SMILES string of the molecule is CCCNC(c1cc(F)ccc1F)C1OCCC1C. The maximum Gasteiger partial charge on any atom is 0.128 e. The monoisotopic (exact) mass is 269 g/mol. The average Bonchev–Trinajstić information content (AvgIpc) is 2.80. The predicted molar refractivity (Wildman–Crippen MR) is 70.9 cm³/mol. The zero-order valence-corrected chi connectivity index (χ0v) is 11.5. The van der Waals surface area contributed by atoms with Crippen molar-refractivity contribution in [3.05, 3.63) is 35.4 Å². The molecule has 3 atom stereocenters. The first kappa shape index (κ1) is 14.4. The van der Waals surface area contributed by atoms with Crippen molar-refractivity contribution < 1.29 is 13.5 Å². The van der Waals surface area contributed by atoms with Gasteiger partial charge in [-0.1, -0.05) is 13.8 Å². The Morgan fingerprint density at radius 1 is 1.42 bits per heavy atom. The van der Waals surface area contributed by atoms with Gasteiger partial charge in [0.15, 0.2) is 0 Å². The van der Waals surface area contributed by atoms with Crippen molar-refractivity contribution in [1.82, 2.24) is 5.32 Å². The third kappa shape index (κ3) is 3.31. The Kier molecular flexibility index (Phi) is 4.88. The molecule has 0 amide bonds. The fourth-order valence-corrected chi connectivity index (χ4v) is 2.60. The number of rotatable bonds is 5. The first-order valence-corrected chi connectivity index (χ1v) is 6.93. The Morgan fingerprint density at radius 3 is 2.84 bits per heavy atom. The highest BCUT2D eigenvalue weighted by atomic mass is 19.1. The Balaban J connectivity index is 2.28. The van der Waals surface area contributed by atoms with Crippen LogP contribution in [0.1, 0.15) is 38.3 Å². The standard InChI is InChI=1S/C15H21F2NO/c1-3-7-18-14(15-10(2)6-8-19-15)12-9-11(16)4-5-13(12)17/h4-5,9-10,14-15,18H,3,6-8H2,1-2H3. The highest BCUT2D eigenvalue weighted by Gasteiger charge is 2.34. The minimum absolute atomic E-state index is 0.0946. The van der Waals surface area contributed by atoms with E-state index in [0.717, 1.165) is 25.5 Å². The molecular weight excluding hydrogens is 248 g/mol. The summed E-state index contributed by atoms with van der Waals surface area (Å²) >= 11 is 0. The maximum absolute atomic E-state index is 14.0. The third-order valence-electron chi connectivity index (χ3n) is 3.68. The Labute approximate surface area is 113 Å². The van der Waals surface area contributed by atoms with Crippen LogP contribution in [0.2, 0.25) is 0 Å². The Hall–Kier alpha value is -1.00. The van der Waals surface area contributed by atoms with Gasteiger partial charge in [-0.2, -0.15) is 0 Å². The van der Waals surface area contributed by atoms with Crippen LogP contribution in [0.4, 0.5) is 8.78 Å². The molecule has 0 bridgehead atoms.